The number of rotatable bonds is 8. The lowest BCUT2D eigenvalue weighted by molar-refractivity contribution is -0.125. The molecule has 0 spiro atoms. The summed E-state index contributed by atoms with van der Waals surface area (Å²) in [6, 6.07) is 6.30. The van der Waals surface area contributed by atoms with E-state index in [0.29, 0.717) is 19.3 Å². The molecule has 1 aliphatic heterocycles. The predicted octanol–water partition coefficient (Wildman–Crippen LogP) is 1.84. The summed E-state index contributed by atoms with van der Waals surface area (Å²) in [4.78, 5) is 46.9. The standard InChI is InChI=1S/C19H19FN4O5.C4H8/c20-14-4-2-1-3-13(14)16-8-15(24-29-16)19(28)22-9-17(26)23-12(10-25)7-11-5-6-21-18(11)27;1-4-2-3-4/h1-4,8,10-12H,5-7,9H2,(H,21,27)(H,22,28)(H,23,26);4H,2-3H2,1H3. The van der Waals surface area contributed by atoms with Gasteiger partial charge in [0, 0.05) is 18.5 Å². The summed E-state index contributed by atoms with van der Waals surface area (Å²) in [7, 11) is 0. The van der Waals surface area contributed by atoms with E-state index in [-0.39, 0.29) is 35.3 Å². The fourth-order valence-electron chi connectivity index (χ4n) is 3.17. The van der Waals surface area contributed by atoms with Crippen molar-refractivity contribution in [3.63, 3.8) is 0 Å². The van der Waals surface area contributed by atoms with Crippen molar-refractivity contribution in [2.45, 2.75) is 38.6 Å². The lowest BCUT2D eigenvalue weighted by Gasteiger charge is -2.15. The Kier molecular flexibility index (Phi) is 8.28. The molecule has 1 saturated heterocycles. The number of hydrogen-bond acceptors (Lipinski definition) is 6. The molecule has 2 unspecified atom stereocenters. The lowest BCUT2D eigenvalue weighted by atomic mass is 9.99. The monoisotopic (exact) mass is 458 g/mol. The number of halogens is 1. The summed E-state index contributed by atoms with van der Waals surface area (Å²) in [6.45, 7) is 2.42. The zero-order valence-corrected chi connectivity index (χ0v) is 18.3. The summed E-state index contributed by atoms with van der Waals surface area (Å²) < 4.78 is 18.8. The van der Waals surface area contributed by atoms with Crippen LogP contribution in [-0.4, -0.2) is 48.3 Å². The van der Waals surface area contributed by atoms with Crippen LogP contribution in [0.15, 0.2) is 34.9 Å². The smallest absolute Gasteiger partial charge is 0.273 e. The zero-order valence-electron chi connectivity index (χ0n) is 18.3. The van der Waals surface area contributed by atoms with Gasteiger partial charge in [-0.3, -0.25) is 14.4 Å². The second-order valence-corrected chi connectivity index (χ2v) is 8.24. The molecule has 0 radical (unpaired) electrons. The van der Waals surface area contributed by atoms with Crippen molar-refractivity contribution in [1.29, 1.82) is 0 Å². The average Bonchev–Trinajstić information content (AvgIpc) is 3.25. The minimum atomic E-state index is -0.826. The van der Waals surface area contributed by atoms with Crippen LogP contribution in [0.5, 0.6) is 0 Å². The minimum absolute atomic E-state index is 0.0774. The van der Waals surface area contributed by atoms with Crippen molar-refractivity contribution in [3.8, 4) is 11.3 Å². The van der Waals surface area contributed by atoms with Gasteiger partial charge in [0.25, 0.3) is 5.91 Å². The summed E-state index contributed by atoms with van der Waals surface area (Å²) in [5.41, 5.74) is 0.0344. The van der Waals surface area contributed by atoms with Gasteiger partial charge in [-0.25, -0.2) is 4.39 Å². The maximum absolute atomic E-state index is 13.8. The third-order valence-electron chi connectivity index (χ3n) is 5.37. The van der Waals surface area contributed by atoms with E-state index in [4.69, 9.17) is 4.52 Å². The molecule has 2 aromatic rings. The molecule has 1 aromatic carbocycles. The number of carbonyl (C=O) groups excluding carboxylic acids is 4. The zero-order chi connectivity index (χ0) is 23.8. The van der Waals surface area contributed by atoms with E-state index < -0.39 is 30.2 Å². The lowest BCUT2D eigenvalue weighted by Crippen LogP contribution is -2.44. The maximum Gasteiger partial charge on any atom is 0.273 e. The van der Waals surface area contributed by atoms with Crippen molar-refractivity contribution < 1.29 is 28.1 Å². The maximum atomic E-state index is 13.8. The second-order valence-electron chi connectivity index (χ2n) is 8.24. The molecule has 0 bridgehead atoms. The van der Waals surface area contributed by atoms with Gasteiger partial charge in [-0.2, -0.15) is 0 Å². The quantitative estimate of drug-likeness (QED) is 0.518. The molecule has 2 aliphatic rings. The SMILES string of the molecule is CC1CC1.O=CC(CC1CCNC1=O)NC(=O)CNC(=O)c1cc(-c2ccccc2F)on1. The second kappa shape index (κ2) is 11.3. The van der Waals surface area contributed by atoms with Crippen molar-refractivity contribution in [3.05, 3.63) is 41.8 Å². The van der Waals surface area contributed by atoms with Crippen molar-refractivity contribution >= 4 is 24.0 Å². The van der Waals surface area contributed by atoms with Crippen LogP contribution in [0.4, 0.5) is 4.39 Å². The third-order valence-corrected chi connectivity index (χ3v) is 5.37. The summed E-state index contributed by atoms with van der Waals surface area (Å²) in [5, 5.41) is 11.1. The van der Waals surface area contributed by atoms with Gasteiger partial charge < -0.3 is 25.3 Å². The van der Waals surface area contributed by atoms with Gasteiger partial charge in [0.2, 0.25) is 11.8 Å². The van der Waals surface area contributed by atoms with Crippen LogP contribution in [0, 0.1) is 17.7 Å². The first-order valence-corrected chi connectivity index (χ1v) is 10.9. The number of aromatic nitrogens is 1. The molecular formula is C23H27FN4O5. The van der Waals surface area contributed by atoms with Crippen LogP contribution in [0.2, 0.25) is 0 Å². The Labute approximate surface area is 190 Å². The van der Waals surface area contributed by atoms with Crippen LogP contribution in [0.25, 0.3) is 11.3 Å². The first-order valence-electron chi connectivity index (χ1n) is 10.9. The van der Waals surface area contributed by atoms with Crippen LogP contribution in [-0.2, 0) is 14.4 Å². The largest absolute Gasteiger partial charge is 0.356 e. The molecule has 176 valence electrons. The molecular weight excluding hydrogens is 431 g/mol. The van der Waals surface area contributed by atoms with Crippen LogP contribution >= 0.6 is 0 Å². The molecule has 2 fully saturated rings. The van der Waals surface area contributed by atoms with Crippen LogP contribution in [0.3, 0.4) is 0 Å². The van der Waals surface area contributed by atoms with Crippen molar-refractivity contribution in [2.24, 2.45) is 11.8 Å². The minimum Gasteiger partial charge on any atom is -0.356 e. The molecule has 4 rings (SSSR count). The van der Waals surface area contributed by atoms with Gasteiger partial charge in [-0.15, -0.1) is 0 Å². The van der Waals surface area contributed by atoms with E-state index in [1.807, 2.05) is 0 Å². The number of aldehydes is 1. The summed E-state index contributed by atoms with van der Waals surface area (Å²) in [5.74, 6) is -1.11. The summed E-state index contributed by atoms with van der Waals surface area (Å²) >= 11 is 0. The molecule has 2 heterocycles. The molecule has 2 atom stereocenters. The van der Waals surface area contributed by atoms with Crippen LogP contribution in [0.1, 0.15) is 43.1 Å². The third kappa shape index (κ3) is 7.23. The molecule has 1 saturated carbocycles. The number of nitrogens with one attached hydrogen (secondary N) is 3. The van der Waals surface area contributed by atoms with E-state index >= 15 is 0 Å². The Bertz CT molecular complexity index is 1000. The van der Waals surface area contributed by atoms with E-state index in [1.54, 1.807) is 6.07 Å². The van der Waals surface area contributed by atoms with E-state index in [2.05, 4.69) is 28.0 Å². The highest BCUT2D eigenvalue weighted by Crippen LogP contribution is 2.26. The highest BCUT2D eigenvalue weighted by molar-refractivity contribution is 5.95. The number of amides is 3. The predicted molar refractivity (Wildman–Crippen MR) is 116 cm³/mol. The van der Waals surface area contributed by atoms with E-state index in [0.717, 1.165) is 5.92 Å². The topological polar surface area (TPSA) is 130 Å². The highest BCUT2D eigenvalue weighted by Gasteiger charge is 2.27. The first kappa shape index (κ1) is 24.1. The highest BCUT2D eigenvalue weighted by atomic mass is 19.1. The van der Waals surface area contributed by atoms with Crippen LogP contribution < -0.4 is 16.0 Å². The van der Waals surface area contributed by atoms with Crippen molar-refractivity contribution in [1.82, 2.24) is 21.1 Å². The molecule has 9 nitrogen and oxygen atoms in total. The van der Waals surface area contributed by atoms with Gasteiger partial charge in [-0.05, 0) is 30.9 Å². The molecule has 3 N–H and O–H groups in total. The molecule has 1 aliphatic carbocycles. The van der Waals surface area contributed by atoms with E-state index in [9.17, 15) is 23.6 Å². The van der Waals surface area contributed by atoms with Crippen molar-refractivity contribution in [2.75, 3.05) is 13.1 Å². The fourth-order valence-corrected chi connectivity index (χ4v) is 3.17. The molecule has 1 aromatic heterocycles. The first-order chi connectivity index (χ1) is 15.9. The van der Waals surface area contributed by atoms with Gasteiger partial charge >= 0.3 is 0 Å². The Hall–Kier alpha value is -3.56. The molecule has 33 heavy (non-hydrogen) atoms. The Morgan fingerprint density at radius 2 is 2.03 bits per heavy atom. The number of hydrogen-bond donors (Lipinski definition) is 3. The normalized spacial score (nSPS) is 17.9. The number of benzene rings is 1. The van der Waals surface area contributed by atoms with Gasteiger partial charge in [0.05, 0.1) is 18.2 Å². The fraction of sp³-hybridized carbons (Fsp3) is 0.435. The Balaban J connectivity index is 0.000000690. The Morgan fingerprint density at radius 1 is 1.30 bits per heavy atom. The van der Waals surface area contributed by atoms with Gasteiger partial charge in [-0.1, -0.05) is 37.1 Å². The average molecular weight is 458 g/mol. The van der Waals surface area contributed by atoms with E-state index in [1.165, 1.54) is 37.1 Å². The van der Waals surface area contributed by atoms with Gasteiger partial charge in [0.1, 0.15) is 12.1 Å². The molecule has 10 heteroatoms. The number of carbonyl (C=O) groups is 4. The van der Waals surface area contributed by atoms with Gasteiger partial charge in [0.15, 0.2) is 11.5 Å². The Morgan fingerprint density at radius 3 is 2.64 bits per heavy atom. The summed E-state index contributed by atoms with van der Waals surface area (Å²) in [6.07, 6.45) is 4.33. The molecule has 3 amide bonds. The number of nitrogens with zero attached hydrogens (tertiary/aromatic N) is 1.